The lowest BCUT2D eigenvalue weighted by molar-refractivity contribution is 0.836. The second kappa shape index (κ2) is 5.00. The summed E-state index contributed by atoms with van der Waals surface area (Å²) in [6.07, 6.45) is 0. The Bertz CT molecular complexity index is 727. The van der Waals surface area contributed by atoms with E-state index in [0.29, 0.717) is 5.92 Å². The Kier molecular flexibility index (Phi) is 3.18. The lowest BCUT2D eigenvalue weighted by Crippen LogP contribution is -2.01. The van der Waals surface area contributed by atoms with Gasteiger partial charge in [-0.25, -0.2) is 4.98 Å². The molecule has 3 aromatic rings. The maximum absolute atomic E-state index is 4.77. The van der Waals surface area contributed by atoms with Crippen molar-refractivity contribution in [3.8, 4) is 0 Å². The molecule has 0 atom stereocenters. The minimum absolute atomic E-state index is 0.375. The van der Waals surface area contributed by atoms with Crippen LogP contribution < -0.4 is 5.32 Å². The molecule has 0 saturated carbocycles. The lowest BCUT2D eigenvalue weighted by Gasteiger charge is -2.11. The fourth-order valence-electron chi connectivity index (χ4n) is 2.45. The smallest absolute Gasteiger partial charge is 0.138 e. The molecule has 0 bridgehead atoms. The number of benzene rings is 1. The molecule has 2 aromatic heterocycles. The summed E-state index contributed by atoms with van der Waals surface area (Å²) in [6, 6.07) is 16.4. The van der Waals surface area contributed by atoms with Gasteiger partial charge >= 0.3 is 0 Å². The van der Waals surface area contributed by atoms with E-state index in [1.807, 2.05) is 24.3 Å². The maximum Gasteiger partial charge on any atom is 0.138 e. The van der Waals surface area contributed by atoms with Gasteiger partial charge in [-0.3, -0.25) is 4.40 Å². The molecule has 3 heteroatoms. The molecule has 102 valence electrons. The Morgan fingerprint density at radius 3 is 2.45 bits per heavy atom. The molecule has 0 unspecified atom stereocenters. The highest BCUT2D eigenvalue weighted by molar-refractivity contribution is 5.65. The summed E-state index contributed by atoms with van der Waals surface area (Å²) in [5.41, 5.74) is 4.36. The van der Waals surface area contributed by atoms with Crippen LogP contribution >= 0.6 is 0 Å². The molecule has 1 aromatic carbocycles. The van der Waals surface area contributed by atoms with E-state index in [4.69, 9.17) is 4.98 Å². The van der Waals surface area contributed by atoms with E-state index >= 15 is 0 Å². The zero-order valence-corrected chi connectivity index (χ0v) is 12.1. The van der Waals surface area contributed by atoms with Crippen LogP contribution in [0.3, 0.4) is 0 Å². The van der Waals surface area contributed by atoms with Crippen LogP contribution in [0.2, 0.25) is 0 Å². The normalized spacial score (nSPS) is 11.2. The quantitative estimate of drug-likeness (QED) is 0.755. The van der Waals surface area contributed by atoms with Gasteiger partial charge in [-0.1, -0.05) is 38.1 Å². The number of hydrogen-bond acceptors (Lipinski definition) is 2. The Balaban J connectivity index is 2.19. The van der Waals surface area contributed by atoms with Gasteiger partial charge in [-0.2, -0.15) is 0 Å². The molecule has 3 rings (SSSR count). The average Bonchev–Trinajstić information content (AvgIpc) is 2.80. The average molecular weight is 265 g/mol. The number of nitrogens with one attached hydrogen (secondary N) is 1. The third-order valence-electron chi connectivity index (χ3n) is 3.45. The van der Waals surface area contributed by atoms with Crippen LogP contribution in [-0.4, -0.2) is 9.38 Å². The van der Waals surface area contributed by atoms with Crippen molar-refractivity contribution in [1.29, 1.82) is 0 Å². The van der Waals surface area contributed by atoms with Gasteiger partial charge in [0.15, 0.2) is 0 Å². The van der Waals surface area contributed by atoms with Crippen LogP contribution in [0.15, 0.2) is 48.5 Å². The number of anilines is 2. The molecule has 3 nitrogen and oxygen atoms in total. The van der Waals surface area contributed by atoms with Crippen molar-refractivity contribution in [2.24, 2.45) is 0 Å². The van der Waals surface area contributed by atoms with E-state index < -0.39 is 0 Å². The highest BCUT2D eigenvalue weighted by Gasteiger charge is 2.16. The minimum atomic E-state index is 0.375. The van der Waals surface area contributed by atoms with Gasteiger partial charge in [0.25, 0.3) is 0 Å². The zero-order chi connectivity index (χ0) is 14.1. The molecule has 2 heterocycles. The van der Waals surface area contributed by atoms with Crippen molar-refractivity contribution in [3.05, 3.63) is 59.9 Å². The van der Waals surface area contributed by atoms with Gasteiger partial charge in [-0.05, 0) is 37.1 Å². The Labute approximate surface area is 119 Å². The number of imidazole rings is 1. The van der Waals surface area contributed by atoms with Gasteiger partial charge in [0.1, 0.15) is 11.5 Å². The first-order valence-corrected chi connectivity index (χ1v) is 6.97. The summed E-state index contributed by atoms with van der Waals surface area (Å²) >= 11 is 0. The fourth-order valence-corrected chi connectivity index (χ4v) is 2.45. The van der Waals surface area contributed by atoms with E-state index in [0.717, 1.165) is 22.8 Å². The van der Waals surface area contributed by atoms with Crippen LogP contribution in [0.1, 0.15) is 31.2 Å². The van der Waals surface area contributed by atoms with Crippen LogP contribution in [0.25, 0.3) is 5.65 Å². The molecular formula is C17H19N3. The molecule has 0 fully saturated rings. The molecular weight excluding hydrogens is 246 g/mol. The number of nitrogens with zero attached hydrogens (tertiary/aromatic N) is 2. The van der Waals surface area contributed by atoms with Gasteiger partial charge in [-0.15, -0.1) is 0 Å². The van der Waals surface area contributed by atoms with Crippen molar-refractivity contribution in [1.82, 2.24) is 9.38 Å². The number of rotatable bonds is 3. The van der Waals surface area contributed by atoms with Crippen LogP contribution in [0.5, 0.6) is 0 Å². The van der Waals surface area contributed by atoms with Gasteiger partial charge in [0, 0.05) is 11.4 Å². The zero-order valence-electron chi connectivity index (χ0n) is 12.1. The Morgan fingerprint density at radius 1 is 1.00 bits per heavy atom. The van der Waals surface area contributed by atoms with Gasteiger partial charge in [0.05, 0.1) is 5.69 Å². The summed E-state index contributed by atoms with van der Waals surface area (Å²) in [6.45, 7) is 6.45. The van der Waals surface area contributed by atoms with Crippen LogP contribution in [-0.2, 0) is 0 Å². The topological polar surface area (TPSA) is 29.3 Å². The number of aromatic nitrogens is 2. The minimum Gasteiger partial charge on any atom is -0.340 e. The molecule has 0 amide bonds. The Hall–Kier alpha value is -2.29. The highest BCUT2D eigenvalue weighted by Crippen LogP contribution is 2.29. The molecule has 0 aliphatic carbocycles. The van der Waals surface area contributed by atoms with Gasteiger partial charge in [0.2, 0.25) is 0 Å². The third-order valence-corrected chi connectivity index (χ3v) is 3.45. The summed E-state index contributed by atoms with van der Waals surface area (Å²) in [5, 5.41) is 3.52. The van der Waals surface area contributed by atoms with Crippen molar-refractivity contribution in [3.63, 3.8) is 0 Å². The number of para-hydroxylation sites is 1. The molecule has 0 spiro atoms. The summed E-state index contributed by atoms with van der Waals surface area (Å²) in [4.78, 5) is 4.77. The lowest BCUT2D eigenvalue weighted by atomic mass is 10.1. The van der Waals surface area contributed by atoms with Crippen molar-refractivity contribution in [2.45, 2.75) is 26.7 Å². The summed E-state index contributed by atoms with van der Waals surface area (Å²) < 4.78 is 2.18. The maximum atomic E-state index is 4.77. The number of fused-ring (bicyclic) bond motifs is 1. The predicted molar refractivity (Wildman–Crippen MR) is 83.7 cm³/mol. The highest BCUT2D eigenvalue weighted by atomic mass is 15.1. The summed E-state index contributed by atoms with van der Waals surface area (Å²) in [7, 11) is 0. The largest absolute Gasteiger partial charge is 0.340 e. The molecule has 0 aliphatic rings. The van der Waals surface area contributed by atoms with E-state index in [2.05, 4.69) is 54.8 Å². The second-order valence-electron chi connectivity index (χ2n) is 5.35. The van der Waals surface area contributed by atoms with Crippen LogP contribution in [0, 0.1) is 6.92 Å². The first-order chi connectivity index (χ1) is 9.66. The molecule has 0 radical (unpaired) electrons. The van der Waals surface area contributed by atoms with Crippen LogP contribution in [0.4, 0.5) is 11.5 Å². The summed E-state index contributed by atoms with van der Waals surface area (Å²) in [5.74, 6) is 1.44. The Morgan fingerprint density at radius 2 is 1.75 bits per heavy atom. The first-order valence-electron chi connectivity index (χ1n) is 6.97. The monoisotopic (exact) mass is 265 g/mol. The fraction of sp³-hybridized carbons (Fsp3) is 0.235. The van der Waals surface area contributed by atoms with E-state index in [1.165, 1.54) is 5.69 Å². The molecule has 20 heavy (non-hydrogen) atoms. The predicted octanol–water partition coefficient (Wildman–Crippen LogP) is 4.51. The molecule has 1 N–H and O–H groups in total. The third kappa shape index (κ3) is 2.16. The second-order valence-corrected chi connectivity index (χ2v) is 5.35. The molecule has 0 aliphatic heterocycles. The van der Waals surface area contributed by atoms with E-state index in [1.54, 1.807) is 0 Å². The first kappa shape index (κ1) is 12.7. The SMILES string of the molecule is Cc1cccc2nc(C(C)C)c(Nc3ccccc3)n12. The van der Waals surface area contributed by atoms with Gasteiger partial charge < -0.3 is 5.32 Å². The number of pyridine rings is 1. The van der Waals surface area contributed by atoms with Crippen molar-refractivity contribution >= 4 is 17.2 Å². The number of aryl methyl sites for hydroxylation is 1. The number of hydrogen-bond donors (Lipinski definition) is 1. The van der Waals surface area contributed by atoms with Crippen molar-refractivity contribution in [2.75, 3.05) is 5.32 Å². The van der Waals surface area contributed by atoms with Crippen molar-refractivity contribution < 1.29 is 0 Å². The van der Waals surface area contributed by atoms with E-state index in [-0.39, 0.29) is 0 Å². The molecule has 0 saturated heterocycles. The van der Waals surface area contributed by atoms with E-state index in [9.17, 15) is 0 Å². The standard InChI is InChI=1S/C17H19N3/c1-12(2)16-17(18-14-9-5-4-6-10-14)20-13(3)8-7-11-15(20)19-16/h4-12,18H,1-3H3.